The average Bonchev–Trinajstić information content (AvgIpc) is 3.14. The van der Waals surface area contributed by atoms with E-state index in [-0.39, 0.29) is 5.91 Å². The lowest BCUT2D eigenvalue weighted by Crippen LogP contribution is -2.12. The number of pyridine rings is 1. The number of thiophene rings is 1. The number of hydrogen-bond donors (Lipinski definition) is 2. The van der Waals surface area contributed by atoms with Gasteiger partial charge in [-0.05, 0) is 43.7 Å². The van der Waals surface area contributed by atoms with Crippen LogP contribution in [0.3, 0.4) is 0 Å². The van der Waals surface area contributed by atoms with E-state index < -0.39 is 0 Å². The number of hydrogen-bond acceptors (Lipinski definition) is 5. The van der Waals surface area contributed by atoms with Crippen LogP contribution in [0.4, 0.5) is 5.82 Å². The molecule has 1 aromatic carbocycles. The maximum atomic E-state index is 12.5. The van der Waals surface area contributed by atoms with Crippen molar-refractivity contribution in [2.45, 2.75) is 13.8 Å². The lowest BCUT2D eigenvalue weighted by atomic mass is 10.1. The lowest BCUT2D eigenvalue weighted by molar-refractivity contribution is 0.102. The van der Waals surface area contributed by atoms with E-state index in [1.807, 2.05) is 13.0 Å². The van der Waals surface area contributed by atoms with Gasteiger partial charge in [0.25, 0.3) is 5.91 Å². The van der Waals surface area contributed by atoms with Crippen molar-refractivity contribution in [3.63, 3.8) is 0 Å². The predicted octanol–water partition coefficient (Wildman–Crippen LogP) is 4.05. The summed E-state index contributed by atoms with van der Waals surface area (Å²) < 4.78 is 6.06. The quantitative estimate of drug-likeness (QED) is 0.583. The molecule has 0 bridgehead atoms. The highest BCUT2D eigenvalue weighted by molar-refractivity contribution is 7.26. The smallest absolute Gasteiger partial charge is 0.257 e. The van der Waals surface area contributed by atoms with Crippen LogP contribution in [0.1, 0.15) is 21.6 Å². The Morgan fingerprint density at radius 2 is 2.12 bits per heavy atom. The number of H-pyrrole nitrogens is 1. The van der Waals surface area contributed by atoms with Gasteiger partial charge in [-0.3, -0.25) is 9.89 Å². The molecule has 0 aliphatic carbocycles. The van der Waals surface area contributed by atoms with Gasteiger partial charge in [0, 0.05) is 16.6 Å². The number of carbonyl (C=O) groups excluding carboxylic acids is 1. The van der Waals surface area contributed by atoms with Crippen LogP contribution in [0.25, 0.3) is 20.4 Å². The molecule has 1 amide bonds. The van der Waals surface area contributed by atoms with Crippen LogP contribution in [0.15, 0.2) is 30.3 Å². The summed E-state index contributed by atoms with van der Waals surface area (Å²) in [6.45, 7) is 4.03. The number of aromatic amines is 1. The number of aryl methyl sites for hydroxylation is 2. The van der Waals surface area contributed by atoms with E-state index in [0.717, 1.165) is 31.7 Å². The number of anilines is 1. The Hall–Kier alpha value is -2.93. The first-order valence-electron chi connectivity index (χ1n) is 7.77. The second kappa shape index (κ2) is 5.86. The molecule has 0 spiro atoms. The number of nitrogens with one attached hydrogen (secondary N) is 2. The molecule has 2 N–H and O–H groups in total. The standard InChI is InChI=1S/C18H16N4O2S/c1-9-7-10(2)19-18-13(9)14-15(25-18)16(22-21-14)20-17(23)11-5-4-6-12(8-11)24-3/h4-8H,1-3H3,(H2,20,21,22,23). The monoisotopic (exact) mass is 352 g/mol. The highest BCUT2D eigenvalue weighted by Crippen LogP contribution is 2.37. The summed E-state index contributed by atoms with van der Waals surface area (Å²) in [5.74, 6) is 0.922. The van der Waals surface area contributed by atoms with Gasteiger partial charge in [0.2, 0.25) is 0 Å². The van der Waals surface area contributed by atoms with Gasteiger partial charge in [0.1, 0.15) is 10.6 Å². The predicted molar refractivity (Wildman–Crippen MR) is 99.7 cm³/mol. The minimum Gasteiger partial charge on any atom is -0.497 e. The van der Waals surface area contributed by atoms with Gasteiger partial charge in [0.05, 0.1) is 17.3 Å². The molecule has 4 rings (SSSR count). The average molecular weight is 352 g/mol. The Kier molecular flexibility index (Phi) is 3.65. The van der Waals surface area contributed by atoms with Crippen molar-refractivity contribution in [3.8, 4) is 5.75 Å². The maximum Gasteiger partial charge on any atom is 0.257 e. The third kappa shape index (κ3) is 2.62. The van der Waals surface area contributed by atoms with Crippen molar-refractivity contribution in [2.24, 2.45) is 0 Å². The molecule has 0 aliphatic rings. The molecule has 0 saturated heterocycles. The Bertz CT molecular complexity index is 1110. The number of nitrogens with zero attached hydrogens (tertiary/aromatic N) is 2. The van der Waals surface area contributed by atoms with Crippen LogP contribution in [0, 0.1) is 13.8 Å². The fourth-order valence-corrected chi connectivity index (χ4v) is 4.10. The first-order chi connectivity index (χ1) is 12.1. The van der Waals surface area contributed by atoms with E-state index in [9.17, 15) is 4.79 Å². The van der Waals surface area contributed by atoms with E-state index in [1.165, 1.54) is 11.3 Å². The fraction of sp³-hybridized carbons (Fsp3) is 0.167. The largest absolute Gasteiger partial charge is 0.497 e. The van der Waals surface area contributed by atoms with E-state index >= 15 is 0 Å². The topological polar surface area (TPSA) is 79.9 Å². The van der Waals surface area contributed by atoms with Crippen molar-refractivity contribution in [3.05, 3.63) is 47.2 Å². The first-order valence-corrected chi connectivity index (χ1v) is 8.58. The third-order valence-electron chi connectivity index (χ3n) is 4.05. The van der Waals surface area contributed by atoms with E-state index in [0.29, 0.717) is 17.1 Å². The highest BCUT2D eigenvalue weighted by atomic mass is 32.1. The molecule has 7 heteroatoms. The zero-order valence-electron chi connectivity index (χ0n) is 14.0. The summed E-state index contributed by atoms with van der Waals surface area (Å²) in [7, 11) is 1.57. The molecule has 0 saturated carbocycles. The van der Waals surface area contributed by atoms with Crippen molar-refractivity contribution in [1.82, 2.24) is 15.2 Å². The first kappa shape index (κ1) is 15.6. The molecular formula is C18H16N4O2S. The van der Waals surface area contributed by atoms with Gasteiger partial charge < -0.3 is 10.1 Å². The fourth-order valence-electron chi connectivity index (χ4n) is 2.91. The molecule has 0 aliphatic heterocycles. The second-order valence-electron chi connectivity index (χ2n) is 5.83. The van der Waals surface area contributed by atoms with Gasteiger partial charge in [0.15, 0.2) is 5.82 Å². The Balaban J connectivity index is 1.74. The van der Waals surface area contributed by atoms with Gasteiger partial charge >= 0.3 is 0 Å². The minimum absolute atomic E-state index is 0.231. The van der Waals surface area contributed by atoms with Crippen LogP contribution >= 0.6 is 11.3 Å². The summed E-state index contributed by atoms with van der Waals surface area (Å²) in [6.07, 6.45) is 0. The van der Waals surface area contributed by atoms with Crippen LogP contribution in [-0.4, -0.2) is 28.2 Å². The third-order valence-corrected chi connectivity index (χ3v) is 5.14. The summed E-state index contributed by atoms with van der Waals surface area (Å²) in [4.78, 5) is 18.1. The van der Waals surface area contributed by atoms with Crippen molar-refractivity contribution >= 4 is 43.5 Å². The van der Waals surface area contributed by atoms with Crippen LogP contribution in [0.5, 0.6) is 5.75 Å². The van der Waals surface area contributed by atoms with E-state index in [1.54, 1.807) is 31.4 Å². The molecule has 126 valence electrons. The number of amides is 1. The zero-order chi connectivity index (χ0) is 17.6. The second-order valence-corrected chi connectivity index (χ2v) is 6.82. The summed E-state index contributed by atoms with van der Waals surface area (Å²) in [5.41, 5.74) is 3.54. The van der Waals surface area contributed by atoms with Crippen LogP contribution < -0.4 is 10.1 Å². The summed E-state index contributed by atoms with van der Waals surface area (Å²) in [6, 6.07) is 9.06. The SMILES string of the molecule is COc1cccc(C(=O)Nc2n[nH]c3c2sc2nc(C)cc(C)c23)c1. The number of benzene rings is 1. The number of rotatable bonds is 3. The van der Waals surface area contributed by atoms with Gasteiger partial charge in [-0.15, -0.1) is 11.3 Å². The molecule has 0 unspecified atom stereocenters. The molecule has 0 atom stereocenters. The summed E-state index contributed by atoms with van der Waals surface area (Å²) in [5, 5.41) is 11.2. The Morgan fingerprint density at radius 1 is 1.28 bits per heavy atom. The van der Waals surface area contributed by atoms with Crippen LogP contribution in [-0.2, 0) is 0 Å². The number of fused-ring (bicyclic) bond motifs is 3. The van der Waals surface area contributed by atoms with Crippen molar-refractivity contribution in [2.75, 3.05) is 12.4 Å². The molecule has 4 aromatic rings. The summed E-state index contributed by atoms with van der Waals surface area (Å²) >= 11 is 1.52. The zero-order valence-corrected chi connectivity index (χ0v) is 14.8. The van der Waals surface area contributed by atoms with Crippen LogP contribution in [0.2, 0.25) is 0 Å². The van der Waals surface area contributed by atoms with E-state index in [2.05, 4.69) is 27.4 Å². The number of ether oxygens (including phenoxy) is 1. The molecule has 6 nitrogen and oxygen atoms in total. The number of carbonyl (C=O) groups is 1. The van der Waals surface area contributed by atoms with Gasteiger partial charge in [-0.2, -0.15) is 5.10 Å². The van der Waals surface area contributed by atoms with Gasteiger partial charge in [-0.25, -0.2) is 4.98 Å². The van der Waals surface area contributed by atoms with Crippen molar-refractivity contribution in [1.29, 1.82) is 0 Å². The normalized spacial score (nSPS) is 11.2. The maximum absolute atomic E-state index is 12.5. The molecule has 0 fully saturated rings. The lowest BCUT2D eigenvalue weighted by Gasteiger charge is -2.04. The Labute approximate surface area is 147 Å². The molecule has 3 aromatic heterocycles. The minimum atomic E-state index is -0.231. The Morgan fingerprint density at radius 3 is 2.92 bits per heavy atom. The van der Waals surface area contributed by atoms with Crippen molar-refractivity contribution < 1.29 is 9.53 Å². The molecule has 3 heterocycles. The number of methoxy groups -OCH3 is 1. The molecule has 0 radical (unpaired) electrons. The number of aromatic nitrogens is 3. The molecular weight excluding hydrogens is 336 g/mol. The van der Waals surface area contributed by atoms with E-state index in [4.69, 9.17) is 4.74 Å². The molecule has 25 heavy (non-hydrogen) atoms. The highest BCUT2D eigenvalue weighted by Gasteiger charge is 2.18. The van der Waals surface area contributed by atoms with Gasteiger partial charge in [-0.1, -0.05) is 6.07 Å².